The van der Waals surface area contributed by atoms with Crippen LogP contribution < -0.4 is 4.90 Å². The number of nitrogens with zero attached hydrogens (tertiary/aromatic N) is 5. The van der Waals surface area contributed by atoms with Gasteiger partial charge >= 0.3 is 6.18 Å². The molecule has 1 amide bonds. The zero-order chi connectivity index (χ0) is 16.5. The Labute approximate surface area is 132 Å². The molecule has 0 aliphatic carbocycles. The molecule has 0 N–H and O–H groups in total. The lowest BCUT2D eigenvalue weighted by molar-refractivity contribution is -0.141. The summed E-state index contributed by atoms with van der Waals surface area (Å²) in [4.78, 5) is 13.3. The van der Waals surface area contributed by atoms with Gasteiger partial charge in [0.1, 0.15) is 0 Å². The van der Waals surface area contributed by atoms with Crippen LogP contribution in [0.1, 0.15) is 11.4 Å². The average Bonchev–Trinajstić information content (AvgIpc) is 2.77. The largest absolute Gasteiger partial charge is 0.435 e. The molecular weight excluding hydrogens is 367 g/mol. The molecule has 0 radical (unpaired) electrons. The van der Waals surface area contributed by atoms with Crippen LogP contribution >= 0.6 is 15.9 Å². The summed E-state index contributed by atoms with van der Waals surface area (Å²) in [7, 11) is 3.11. The van der Waals surface area contributed by atoms with Gasteiger partial charge in [0.25, 0.3) is 0 Å². The van der Waals surface area contributed by atoms with Crippen molar-refractivity contribution in [3.63, 3.8) is 0 Å². The molecule has 2 rings (SSSR count). The molecule has 0 bridgehead atoms. The van der Waals surface area contributed by atoms with Crippen molar-refractivity contribution >= 4 is 27.7 Å². The van der Waals surface area contributed by atoms with E-state index in [1.54, 1.807) is 13.2 Å². The van der Waals surface area contributed by atoms with Crippen molar-refractivity contribution in [3.8, 4) is 0 Å². The second-order valence-electron chi connectivity index (χ2n) is 4.47. The third kappa shape index (κ3) is 3.43. The summed E-state index contributed by atoms with van der Waals surface area (Å²) in [5.41, 5.74) is -0.455. The van der Waals surface area contributed by atoms with Crippen molar-refractivity contribution in [1.82, 2.24) is 20.0 Å². The highest BCUT2D eigenvalue weighted by atomic mass is 79.9. The van der Waals surface area contributed by atoms with Crippen LogP contribution in [0.25, 0.3) is 0 Å². The summed E-state index contributed by atoms with van der Waals surface area (Å²) < 4.78 is 39.5. The maximum absolute atomic E-state index is 12.4. The lowest BCUT2D eigenvalue weighted by Gasteiger charge is -2.16. The minimum absolute atomic E-state index is 0.0241. The number of hydrogen-bond donors (Lipinski definition) is 0. The normalized spacial score (nSPS) is 11.5. The zero-order valence-corrected chi connectivity index (χ0v) is 13.2. The minimum atomic E-state index is -4.56. The van der Waals surface area contributed by atoms with Crippen LogP contribution in [0.2, 0.25) is 0 Å². The van der Waals surface area contributed by atoms with Crippen LogP contribution in [-0.2, 0) is 24.4 Å². The Balaban J connectivity index is 2.14. The number of likely N-dealkylation sites (N-methyl/N-ethyl adjacent to an activating group) is 1. The molecule has 0 aromatic carbocycles. The molecule has 0 aliphatic heterocycles. The molecule has 0 unspecified atom stereocenters. The summed E-state index contributed by atoms with van der Waals surface area (Å²) in [5.74, 6) is -0.311. The van der Waals surface area contributed by atoms with E-state index in [9.17, 15) is 18.0 Å². The molecule has 6 nitrogen and oxygen atoms in total. The quantitative estimate of drug-likeness (QED) is 0.822. The summed E-state index contributed by atoms with van der Waals surface area (Å²) >= 11 is 3.28. The van der Waals surface area contributed by atoms with Gasteiger partial charge in [0.2, 0.25) is 5.91 Å². The van der Waals surface area contributed by atoms with E-state index in [1.807, 2.05) is 0 Å². The van der Waals surface area contributed by atoms with Gasteiger partial charge in [-0.3, -0.25) is 14.4 Å². The van der Waals surface area contributed by atoms with Crippen LogP contribution in [0, 0.1) is 0 Å². The Hall–Kier alpha value is -1.97. The average molecular weight is 378 g/mol. The van der Waals surface area contributed by atoms with E-state index >= 15 is 0 Å². The molecule has 2 aromatic rings. The van der Waals surface area contributed by atoms with E-state index in [2.05, 4.69) is 31.2 Å². The predicted octanol–water partition coefficient (Wildman–Crippen LogP) is 2.20. The first-order valence-corrected chi connectivity index (χ1v) is 6.83. The van der Waals surface area contributed by atoms with Crippen LogP contribution in [-0.4, -0.2) is 32.9 Å². The Morgan fingerprint density at radius 1 is 1.36 bits per heavy atom. The van der Waals surface area contributed by atoms with E-state index in [0.29, 0.717) is 10.2 Å². The van der Waals surface area contributed by atoms with Gasteiger partial charge in [-0.1, -0.05) is 0 Å². The van der Waals surface area contributed by atoms with E-state index in [0.717, 1.165) is 17.0 Å². The van der Waals surface area contributed by atoms with Crippen molar-refractivity contribution in [1.29, 1.82) is 0 Å². The second kappa shape index (κ2) is 6.03. The monoisotopic (exact) mass is 377 g/mol. The van der Waals surface area contributed by atoms with Gasteiger partial charge in [-0.05, 0) is 28.1 Å². The summed E-state index contributed by atoms with van der Waals surface area (Å²) in [6.45, 7) is 0. The predicted molar refractivity (Wildman–Crippen MR) is 75.1 cm³/mol. The Bertz CT molecular complexity index is 664. The molecule has 118 valence electrons. The first-order chi connectivity index (χ1) is 10.2. The Morgan fingerprint density at radius 3 is 2.50 bits per heavy atom. The van der Waals surface area contributed by atoms with Crippen LogP contribution in [0.15, 0.2) is 22.8 Å². The summed E-state index contributed by atoms with van der Waals surface area (Å²) in [5, 5.41) is 10.5. The number of hydrogen-bond acceptors (Lipinski definition) is 4. The third-order valence-electron chi connectivity index (χ3n) is 2.99. The number of anilines is 1. The molecule has 0 aliphatic rings. The van der Waals surface area contributed by atoms with Gasteiger partial charge in [-0.2, -0.15) is 18.3 Å². The summed E-state index contributed by atoms with van der Waals surface area (Å²) in [6.07, 6.45) is -2.98. The highest BCUT2D eigenvalue weighted by molar-refractivity contribution is 9.10. The molecular formula is C12H11BrF3N5O. The Kier molecular flexibility index (Phi) is 4.50. The van der Waals surface area contributed by atoms with Crippen molar-refractivity contribution < 1.29 is 18.0 Å². The highest BCUT2D eigenvalue weighted by Crippen LogP contribution is 2.27. The third-order valence-corrected chi connectivity index (χ3v) is 3.65. The number of carbonyl (C=O) groups is 1. The SMILES string of the molecule is CN(C(=O)Cc1c(Br)cnn1C)c1ccc(C(F)(F)F)nn1. The first kappa shape index (κ1) is 16.4. The lowest BCUT2D eigenvalue weighted by Crippen LogP contribution is -2.30. The number of carbonyl (C=O) groups excluding carboxylic acids is 1. The number of aromatic nitrogens is 4. The molecule has 10 heteroatoms. The molecule has 2 aromatic heterocycles. The molecule has 0 spiro atoms. The fraction of sp³-hybridized carbons (Fsp3) is 0.333. The molecule has 22 heavy (non-hydrogen) atoms. The van der Waals surface area contributed by atoms with Gasteiger partial charge < -0.3 is 0 Å². The van der Waals surface area contributed by atoms with Crippen LogP contribution in [0.5, 0.6) is 0 Å². The molecule has 0 fully saturated rings. The van der Waals surface area contributed by atoms with Crippen LogP contribution in [0.4, 0.5) is 19.0 Å². The summed E-state index contributed by atoms with van der Waals surface area (Å²) in [6, 6.07) is 1.89. The van der Waals surface area contributed by atoms with Gasteiger partial charge in [0.15, 0.2) is 11.5 Å². The van der Waals surface area contributed by atoms with Gasteiger partial charge in [0.05, 0.1) is 22.8 Å². The number of aryl methyl sites for hydroxylation is 1. The molecule has 0 saturated heterocycles. The molecule has 0 saturated carbocycles. The molecule has 2 heterocycles. The minimum Gasteiger partial charge on any atom is -0.298 e. The number of halogens is 4. The van der Waals surface area contributed by atoms with E-state index in [4.69, 9.17) is 0 Å². The van der Waals surface area contributed by atoms with Crippen molar-refractivity contribution in [2.24, 2.45) is 7.05 Å². The number of amides is 1. The van der Waals surface area contributed by atoms with Gasteiger partial charge in [0, 0.05) is 14.1 Å². The zero-order valence-electron chi connectivity index (χ0n) is 11.6. The van der Waals surface area contributed by atoms with Crippen molar-refractivity contribution in [2.45, 2.75) is 12.6 Å². The van der Waals surface area contributed by atoms with E-state index in [-0.39, 0.29) is 18.1 Å². The fourth-order valence-corrected chi connectivity index (χ4v) is 2.17. The highest BCUT2D eigenvalue weighted by Gasteiger charge is 2.33. The number of rotatable bonds is 3. The first-order valence-electron chi connectivity index (χ1n) is 6.04. The van der Waals surface area contributed by atoms with Crippen molar-refractivity contribution in [2.75, 3.05) is 11.9 Å². The maximum atomic E-state index is 12.4. The standard InChI is InChI=1S/C12H11BrF3N5O/c1-20(10-4-3-9(18-19-10)12(14,15)16)11(22)5-8-7(13)6-17-21(8)2/h3-4,6H,5H2,1-2H3. The van der Waals surface area contributed by atoms with Crippen LogP contribution in [0.3, 0.4) is 0 Å². The fourth-order valence-electron chi connectivity index (χ4n) is 1.68. The van der Waals surface area contributed by atoms with E-state index < -0.39 is 11.9 Å². The number of alkyl halides is 3. The van der Waals surface area contributed by atoms with Gasteiger partial charge in [-0.15, -0.1) is 10.2 Å². The smallest absolute Gasteiger partial charge is 0.298 e. The topological polar surface area (TPSA) is 63.9 Å². The maximum Gasteiger partial charge on any atom is 0.435 e. The van der Waals surface area contributed by atoms with Gasteiger partial charge in [-0.25, -0.2) is 0 Å². The van der Waals surface area contributed by atoms with E-state index in [1.165, 1.54) is 11.7 Å². The Morgan fingerprint density at radius 2 is 2.05 bits per heavy atom. The van der Waals surface area contributed by atoms with Crippen molar-refractivity contribution in [3.05, 3.63) is 34.2 Å². The molecule has 0 atom stereocenters. The lowest BCUT2D eigenvalue weighted by atomic mass is 10.2. The second-order valence-corrected chi connectivity index (χ2v) is 5.32.